The normalized spacial score (nSPS) is 21.3. The smallest absolute Gasteiger partial charge is 0.303 e. The lowest BCUT2D eigenvalue weighted by molar-refractivity contribution is -0.139. The average Bonchev–Trinajstić information content (AvgIpc) is 2.89. The average molecular weight is 385 g/mol. The molecule has 0 saturated carbocycles. The number of carboxylic acids is 1. The molecule has 0 aromatic rings. The molecule has 1 aliphatic rings. The number of aliphatic hydroxyl groups is 1. The van der Waals surface area contributed by atoms with E-state index in [1.54, 1.807) is 17.8 Å². The SMILES string of the molecule is CCCCCC(O)CSC1C=CC(=O)C1CCCCC(C)(C)CC(=O)O. The summed E-state index contributed by atoms with van der Waals surface area (Å²) in [6.45, 7) is 6.13. The molecule has 0 amide bonds. The third-order valence-electron chi connectivity index (χ3n) is 5.08. The number of rotatable bonds is 14. The number of aliphatic hydroxyl groups excluding tert-OH is 1. The molecular weight excluding hydrogens is 348 g/mol. The summed E-state index contributed by atoms with van der Waals surface area (Å²) in [6, 6.07) is 0. The van der Waals surface area contributed by atoms with Crippen LogP contribution >= 0.6 is 11.8 Å². The number of ketones is 1. The molecule has 26 heavy (non-hydrogen) atoms. The minimum absolute atomic E-state index is 0.0189. The number of hydrogen-bond donors (Lipinski definition) is 2. The van der Waals surface area contributed by atoms with Crippen molar-refractivity contribution in [1.82, 2.24) is 0 Å². The summed E-state index contributed by atoms with van der Waals surface area (Å²) >= 11 is 1.70. The Labute approximate surface area is 162 Å². The molecule has 1 aliphatic carbocycles. The molecule has 0 bridgehead atoms. The van der Waals surface area contributed by atoms with Gasteiger partial charge in [0.15, 0.2) is 5.78 Å². The Morgan fingerprint density at radius 3 is 2.65 bits per heavy atom. The van der Waals surface area contributed by atoms with E-state index >= 15 is 0 Å². The van der Waals surface area contributed by atoms with Gasteiger partial charge >= 0.3 is 5.97 Å². The minimum Gasteiger partial charge on any atom is -0.481 e. The lowest BCUT2D eigenvalue weighted by atomic mass is 9.83. The second-order valence-corrected chi connectivity index (χ2v) is 9.51. The van der Waals surface area contributed by atoms with Crippen molar-refractivity contribution in [3.8, 4) is 0 Å². The van der Waals surface area contributed by atoms with Crippen molar-refractivity contribution < 1.29 is 19.8 Å². The Hall–Kier alpha value is -0.810. The van der Waals surface area contributed by atoms with E-state index in [4.69, 9.17) is 5.11 Å². The van der Waals surface area contributed by atoms with Gasteiger partial charge in [-0.05, 0) is 30.8 Å². The van der Waals surface area contributed by atoms with E-state index < -0.39 is 5.97 Å². The zero-order valence-corrected chi connectivity index (χ0v) is 17.4. The van der Waals surface area contributed by atoms with Gasteiger partial charge in [-0.15, -0.1) is 0 Å². The van der Waals surface area contributed by atoms with Crippen LogP contribution in [0, 0.1) is 11.3 Å². The maximum Gasteiger partial charge on any atom is 0.303 e. The maximum absolute atomic E-state index is 12.1. The van der Waals surface area contributed by atoms with E-state index in [1.165, 1.54) is 0 Å². The first-order chi connectivity index (χ1) is 12.2. The largest absolute Gasteiger partial charge is 0.481 e. The highest BCUT2D eigenvalue weighted by Crippen LogP contribution is 2.33. The molecule has 0 fully saturated rings. The van der Waals surface area contributed by atoms with E-state index in [0.29, 0.717) is 5.75 Å². The number of allylic oxidation sites excluding steroid dienone is 1. The molecule has 0 radical (unpaired) electrons. The summed E-state index contributed by atoms with van der Waals surface area (Å²) in [5.74, 6) is 0.158. The second kappa shape index (κ2) is 11.8. The molecule has 3 unspecified atom stereocenters. The molecule has 4 nitrogen and oxygen atoms in total. The Balaban J connectivity index is 2.31. The van der Waals surface area contributed by atoms with Crippen molar-refractivity contribution in [1.29, 1.82) is 0 Å². The van der Waals surface area contributed by atoms with Crippen LogP contribution in [0.3, 0.4) is 0 Å². The van der Waals surface area contributed by atoms with E-state index in [1.807, 2.05) is 19.9 Å². The topological polar surface area (TPSA) is 74.6 Å². The zero-order valence-electron chi connectivity index (χ0n) is 16.6. The van der Waals surface area contributed by atoms with Crippen molar-refractivity contribution in [3.05, 3.63) is 12.2 Å². The monoisotopic (exact) mass is 384 g/mol. The predicted octanol–water partition coefficient (Wildman–Crippen LogP) is 4.85. The van der Waals surface area contributed by atoms with Crippen molar-refractivity contribution in [2.24, 2.45) is 11.3 Å². The van der Waals surface area contributed by atoms with Crippen molar-refractivity contribution in [2.75, 3.05) is 5.75 Å². The Morgan fingerprint density at radius 2 is 2.00 bits per heavy atom. The van der Waals surface area contributed by atoms with Crippen LogP contribution in [0.2, 0.25) is 0 Å². The number of aliphatic carboxylic acids is 1. The quantitative estimate of drug-likeness (QED) is 0.419. The summed E-state index contributed by atoms with van der Waals surface area (Å²) < 4.78 is 0. The Morgan fingerprint density at radius 1 is 1.27 bits per heavy atom. The van der Waals surface area contributed by atoms with E-state index in [2.05, 4.69) is 6.92 Å². The molecule has 0 aliphatic heterocycles. The highest BCUT2D eigenvalue weighted by molar-refractivity contribution is 8.00. The number of unbranched alkanes of at least 4 members (excludes halogenated alkanes) is 3. The number of carbonyl (C=O) groups excluding carboxylic acids is 1. The summed E-state index contributed by atoms with van der Waals surface area (Å²) in [5.41, 5.74) is -0.194. The van der Waals surface area contributed by atoms with Crippen molar-refractivity contribution in [3.63, 3.8) is 0 Å². The lowest BCUT2D eigenvalue weighted by Crippen LogP contribution is -2.21. The molecule has 150 valence electrons. The highest BCUT2D eigenvalue weighted by Gasteiger charge is 2.30. The zero-order chi connectivity index (χ0) is 19.6. The molecule has 2 N–H and O–H groups in total. The van der Waals surface area contributed by atoms with Gasteiger partial charge in [-0.2, -0.15) is 11.8 Å². The van der Waals surface area contributed by atoms with E-state index in [9.17, 15) is 14.7 Å². The lowest BCUT2D eigenvalue weighted by Gasteiger charge is -2.23. The van der Waals surface area contributed by atoms with Gasteiger partial charge < -0.3 is 10.2 Å². The summed E-state index contributed by atoms with van der Waals surface area (Å²) in [6.07, 6.45) is 11.4. The molecule has 5 heteroatoms. The van der Waals surface area contributed by atoms with Crippen LogP contribution < -0.4 is 0 Å². The number of carbonyl (C=O) groups is 2. The summed E-state index contributed by atoms with van der Waals surface area (Å²) in [5, 5.41) is 19.2. The van der Waals surface area contributed by atoms with Gasteiger partial charge in [-0.25, -0.2) is 0 Å². The first-order valence-corrected chi connectivity index (χ1v) is 11.0. The number of hydrogen-bond acceptors (Lipinski definition) is 4. The van der Waals surface area contributed by atoms with E-state index in [-0.39, 0.29) is 34.9 Å². The third-order valence-corrected chi connectivity index (χ3v) is 6.53. The van der Waals surface area contributed by atoms with Gasteiger partial charge in [0.2, 0.25) is 0 Å². The summed E-state index contributed by atoms with van der Waals surface area (Å²) in [7, 11) is 0. The summed E-state index contributed by atoms with van der Waals surface area (Å²) in [4.78, 5) is 23.0. The Bertz CT molecular complexity index is 473. The third kappa shape index (κ3) is 9.22. The molecule has 0 spiro atoms. The van der Waals surface area contributed by atoms with Crippen LogP contribution in [-0.4, -0.2) is 39.1 Å². The number of carboxylic acid groups (broad SMARTS) is 1. The van der Waals surface area contributed by atoms with Gasteiger partial charge in [0, 0.05) is 16.9 Å². The molecule has 0 saturated heterocycles. The van der Waals surface area contributed by atoms with Crippen LogP contribution in [0.1, 0.15) is 78.6 Å². The first-order valence-electron chi connectivity index (χ1n) is 9.98. The first kappa shape index (κ1) is 23.2. The van der Waals surface area contributed by atoms with Gasteiger partial charge in [0.05, 0.1) is 12.5 Å². The van der Waals surface area contributed by atoms with Gasteiger partial charge in [0.25, 0.3) is 0 Å². The van der Waals surface area contributed by atoms with Crippen LogP contribution in [0.15, 0.2) is 12.2 Å². The molecule has 1 rings (SSSR count). The van der Waals surface area contributed by atoms with Gasteiger partial charge in [-0.3, -0.25) is 9.59 Å². The van der Waals surface area contributed by atoms with Crippen LogP contribution in [0.25, 0.3) is 0 Å². The van der Waals surface area contributed by atoms with Crippen LogP contribution in [0.5, 0.6) is 0 Å². The van der Waals surface area contributed by atoms with Crippen LogP contribution in [-0.2, 0) is 9.59 Å². The fraction of sp³-hybridized carbons (Fsp3) is 0.810. The van der Waals surface area contributed by atoms with E-state index in [0.717, 1.165) is 51.4 Å². The van der Waals surface area contributed by atoms with Crippen molar-refractivity contribution >= 4 is 23.5 Å². The molecule has 0 aromatic carbocycles. The Kier molecular flexibility index (Phi) is 10.6. The highest BCUT2D eigenvalue weighted by atomic mass is 32.2. The standard InChI is InChI=1S/C21H36O4S/c1-4-5-6-9-16(22)15-26-19-12-11-18(23)17(19)10-7-8-13-21(2,3)14-20(24)25/h11-12,16-17,19,22H,4-10,13-15H2,1-3H3,(H,24,25). The maximum atomic E-state index is 12.1. The van der Waals surface area contributed by atoms with Crippen LogP contribution in [0.4, 0.5) is 0 Å². The molecular formula is C21H36O4S. The van der Waals surface area contributed by atoms with Gasteiger partial charge in [0.1, 0.15) is 0 Å². The van der Waals surface area contributed by atoms with Gasteiger partial charge in [-0.1, -0.05) is 59.0 Å². The van der Waals surface area contributed by atoms with Crippen molar-refractivity contribution in [2.45, 2.75) is 89.9 Å². The number of thioether (sulfide) groups is 1. The molecule has 3 atom stereocenters. The minimum atomic E-state index is -0.751. The molecule has 0 heterocycles. The second-order valence-electron chi connectivity index (χ2n) is 8.30. The molecule has 0 aromatic heterocycles. The fourth-order valence-corrected chi connectivity index (χ4v) is 4.79. The predicted molar refractivity (Wildman–Crippen MR) is 109 cm³/mol. The fourth-order valence-electron chi connectivity index (χ4n) is 3.49.